The van der Waals surface area contributed by atoms with Crippen molar-refractivity contribution in [3.05, 3.63) is 34.3 Å². The monoisotopic (exact) mass is 388 g/mol. The fourth-order valence-electron chi connectivity index (χ4n) is 2.25. The number of hydrogen-bond donors (Lipinski definition) is 0. The number of aryl methyl sites for hydroxylation is 1. The van der Waals surface area contributed by atoms with Crippen molar-refractivity contribution >= 4 is 36.7 Å². The summed E-state index contributed by atoms with van der Waals surface area (Å²) in [5, 5.41) is 2.97. The molecule has 0 saturated heterocycles. The van der Waals surface area contributed by atoms with Gasteiger partial charge in [0.1, 0.15) is 0 Å². The van der Waals surface area contributed by atoms with Gasteiger partial charge in [0, 0.05) is 24.9 Å². The van der Waals surface area contributed by atoms with E-state index in [4.69, 9.17) is 0 Å². The topological polar surface area (TPSA) is 84.4 Å². The zero-order valence-electron chi connectivity index (χ0n) is 14.0. The molecule has 0 saturated carbocycles. The zero-order valence-corrected chi connectivity index (χ0v) is 16.4. The van der Waals surface area contributed by atoms with Crippen LogP contribution in [0.4, 0.5) is 5.69 Å². The Hall–Kier alpha value is -1.45. The lowest BCUT2D eigenvalue weighted by atomic mass is 10.3. The Kier molecular flexibility index (Phi) is 5.36. The van der Waals surface area contributed by atoms with Gasteiger partial charge in [-0.3, -0.25) is 0 Å². The minimum atomic E-state index is -3.58. The van der Waals surface area contributed by atoms with Crippen molar-refractivity contribution < 1.29 is 16.8 Å². The summed E-state index contributed by atoms with van der Waals surface area (Å²) < 4.78 is 47.6. The highest BCUT2D eigenvalue weighted by molar-refractivity contribution is 7.91. The molecule has 2 aromatic rings. The van der Waals surface area contributed by atoms with Gasteiger partial charge < -0.3 is 4.90 Å². The largest absolute Gasteiger partial charge is 0.368 e. The van der Waals surface area contributed by atoms with Crippen LogP contribution in [0.1, 0.15) is 17.6 Å². The second-order valence-electron chi connectivity index (χ2n) is 5.62. The summed E-state index contributed by atoms with van der Waals surface area (Å²) in [7, 11) is -5.30. The van der Waals surface area contributed by atoms with Gasteiger partial charge in [0.25, 0.3) is 0 Å². The highest BCUT2D eigenvalue weighted by Gasteiger charge is 2.20. The minimum absolute atomic E-state index is 0.00105. The summed E-state index contributed by atoms with van der Waals surface area (Å²) in [4.78, 5) is 6.22. The summed E-state index contributed by atoms with van der Waals surface area (Å²) in [6, 6.07) is 4.17. The van der Waals surface area contributed by atoms with E-state index in [0.717, 1.165) is 29.6 Å². The highest BCUT2D eigenvalue weighted by atomic mass is 32.2. The Balaban J connectivity index is 2.44. The third-order valence-electron chi connectivity index (χ3n) is 3.47. The van der Waals surface area contributed by atoms with Crippen LogP contribution in [0.25, 0.3) is 0 Å². The molecule has 0 aliphatic heterocycles. The number of anilines is 1. The maximum Gasteiger partial charge on any atom is 0.177 e. The number of hydrogen-bond acceptors (Lipinski definition) is 7. The van der Waals surface area contributed by atoms with Gasteiger partial charge in [-0.1, -0.05) is 6.92 Å². The Bertz CT molecular complexity index is 947. The summed E-state index contributed by atoms with van der Waals surface area (Å²) in [5.74, 6) is 0. The molecule has 0 radical (unpaired) electrons. The molecule has 1 heterocycles. The Morgan fingerprint density at radius 1 is 1.12 bits per heavy atom. The summed E-state index contributed by atoms with van der Waals surface area (Å²) in [6.45, 7) is 2.47. The molecular weight excluding hydrogens is 368 g/mol. The van der Waals surface area contributed by atoms with Crippen molar-refractivity contribution in [3.63, 3.8) is 0 Å². The second-order valence-corrected chi connectivity index (χ2v) is 10.6. The third kappa shape index (κ3) is 4.34. The fraction of sp³-hybridized carbons (Fsp3) is 0.400. The predicted molar refractivity (Wildman–Crippen MR) is 96.3 cm³/mol. The van der Waals surface area contributed by atoms with Crippen LogP contribution in [-0.4, -0.2) is 41.4 Å². The molecule has 0 aliphatic carbocycles. The molecule has 132 valence electrons. The van der Waals surface area contributed by atoms with E-state index < -0.39 is 19.7 Å². The van der Waals surface area contributed by atoms with Crippen molar-refractivity contribution in [1.29, 1.82) is 0 Å². The first kappa shape index (κ1) is 18.9. The van der Waals surface area contributed by atoms with Gasteiger partial charge in [-0.2, -0.15) is 0 Å². The van der Waals surface area contributed by atoms with E-state index in [1.165, 1.54) is 18.2 Å². The lowest BCUT2D eigenvalue weighted by Gasteiger charge is -2.21. The molecule has 24 heavy (non-hydrogen) atoms. The molecule has 0 N–H and O–H groups in total. The van der Waals surface area contributed by atoms with Crippen LogP contribution in [-0.2, 0) is 32.6 Å². The van der Waals surface area contributed by atoms with Crippen LogP contribution in [0.5, 0.6) is 0 Å². The number of sulfone groups is 2. The van der Waals surface area contributed by atoms with Crippen molar-refractivity contribution in [2.75, 3.05) is 24.5 Å². The Labute approximate surface area is 147 Å². The van der Waals surface area contributed by atoms with E-state index in [1.807, 2.05) is 12.3 Å². The van der Waals surface area contributed by atoms with Crippen LogP contribution in [0.2, 0.25) is 0 Å². The molecule has 0 bridgehead atoms. The van der Waals surface area contributed by atoms with Crippen LogP contribution >= 0.6 is 11.3 Å². The Morgan fingerprint density at radius 3 is 2.29 bits per heavy atom. The Morgan fingerprint density at radius 2 is 1.79 bits per heavy atom. The van der Waals surface area contributed by atoms with Crippen molar-refractivity contribution in [3.8, 4) is 0 Å². The number of benzene rings is 1. The SMILES string of the molecule is CCc1nc(CN(C)c2ccc(S(C)(=O)=O)cc2S(C)(=O)=O)cs1. The van der Waals surface area contributed by atoms with E-state index in [-0.39, 0.29) is 9.79 Å². The number of thiazole rings is 1. The van der Waals surface area contributed by atoms with Gasteiger partial charge in [0.15, 0.2) is 19.7 Å². The van der Waals surface area contributed by atoms with E-state index in [9.17, 15) is 16.8 Å². The van der Waals surface area contributed by atoms with E-state index >= 15 is 0 Å². The van der Waals surface area contributed by atoms with Crippen LogP contribution in [0.15, 0.2) is 33.4 Å². The third-order valence-corrected chi connectivity index (χ3v) is 6.75. The predicted octanol–water partition coefficient (Wildman–Crippen LogP) is 2.15. The summed E-state index contributed by atoms with van der Waals surface area (Å²) >= 11 is 1.57. The molecular formula is C15H20N2O4S3. The zero-order chi connectivity index (χ0) is 18.1. The molecule has 0 fully saturated rings. The minimum Gasteiger partial charge on any atom is -0.368 e. The van der Waals surface area contributed by atoms with Gasteiger partial charge in [-0.05, 0) is 24.6 Å². The maximum atomic E-state index is 12.1. The van der Waals surface area contributed by atoms with E-state index in [2.05, 4.69) is 4.98 Å². The number of aromatic nitrogens is 1. The maximum absolute atomic E-state index is 12.1. The van der Waals surface area contributed by atoms with Gasteiger partial charge in [0.05, 0.1) is 32.7 Å². The molecule has 2 rings (SSSR count). The summed E-state index contributed by atoms with van der Waals surface area (Å²) in [5.41, 5.74) is 1.31. The van der Waals surface area contributed by atoms with Crippen molar-refractivity contribution in [2.24, 2.45) is 0 Å². The molecule has 0 amide bonds. The quantitative estimate of drug-likeness (QED) is 0.754. The molecule has 6 nitrogen and oxygen atoms in total. The van der Waals surface area contributed by atoms with Gasteiger partial charge in [-0.25, -0.2) is 21.8 Å². The van der Waals surface area contributed by atoms with Crippen LogP contribution in [0.3, 0.4) is 0 Å². The lowest BCUT2D eigenvalue weighted by molar-refractivity contribution is 0.600. The second kappa shape index (κ2) is 6.81. The van der Waals surface area contributed by atoms with Gasteiger partial charge in [0.2, 0.25) is 0 Å². The molecule has 1 aromatic heterocycles. The van der Waals surface area contributed by atoms with Crippen LogP contribution < -0.4 is 4.90 Å². The molecule has 1 aromatic carbocycles. The number of nitrogens with zero attached hydrogens (tertiary/aromatic N) is 2. The first-order valence-corrected chi connectivity index (χ1v) is 11.9. The van der Waals surface area contributed by atoms with Gasteiger partial charge in [-0.15, -0.1) is 11.3 Å². The van der Waals surface area contributed by atoms with Gasteiger partial charge >= 0.3 is 0 Å². The average molecular weight is 389 g/mol. The van der Waals surface area contributed by atoms with E-state index in [1.54, 1.807) is 23.3 Å². The smallest absolute Gasteiger partial charge is 0.177 e. The average Bonchev–Trinajstić information content (AvgIpc) is 2.92. The summed E-state index contributed by atoms with van der Waals surface area (Å²) in [6.07, 6.45) is 2.98. The first-order valence-electron chi connectivity index (χ1n) is 7.21. The highest BCUT2D eigenvalue weighted by Crippen LogP contribution is 2.28. The van der Waals surface area contributed by atoms with E-state index in [0.29, 0.717) is 12.2 Å². The molecule has 9 heteroatoms. The normalized spacial score (nSPS) is 12.3. The molecule has 0 atom stereocenters. The first-order chi connectivity index (χ1) is 11.0. The standard InChI is InChI=1S/C15H20N2O4S3/c1-5-15-16-11(10-22-15)9-17(2)13-7-6-12(23(3,18)19)8-14(13)24(4,20)21/h6-8,10H,5,9H2,1-4H3. The number of rotatable bonds is 6. The molecule has 0 spiro atoms. The molecule has 0 unspecified atom stereocenters. The lowest BCUT2D eigenvalue weighted by Crippen LogP contribution is -2.20. The van der Waals surface area contributed by atoms with Crippen LogP contribution in [0, 0.1) is 0 Å². The van der Waals surface area contributed by atoms with Crippen molar-refractivity contribution in [1.82, 2.24) is 4.98 Å². The fourth-order valence-corrected chi connectivity index (χ4v) is 4.65. The molecule has 0 aliphatic rings. The van der Waals surface area contributed by atoms with Crippen molar-refractivity contribution in [2.45, 2.75) is 29.7 Å².